The van der Waals surface area contributed by atoms with E-state index in [1.54, 1.807) is 12.2 Å². The molecule has 0 aliphatic heterocycles. The highest BCUT2D eigenvalue weighted by Crippen LogP contribution is 2.35. The highest BCUT2D eigenvalue weighted by Gasteiger charge is 2.16. The molecule has 4 heteroatoms. The summed E-state index contributed by atoms with van der Waals surface area (Å²) in [5.74, 6) is 1.35. The van der Waals surface area contributed by atoms with Crippen LogP contribution in [-0.4, -0.2) is 25.0 Å². The van der Waals surface area contributed by atoms with Crippen molar-refractivity contribution in [3.63, 3.8) is 0 Å². The van der Waals surface area contributed by atoms with Gasteiger partial charge in [0.15, 0.2) is 5.78 Å². The number of anilines is 1. The third-order valence-electron chi connectivity index (χ3n) is 4.18. The molecule has 0 spiro atoms. The zero-order valence-corrected chi connectivity index (χ0v) is 18.0. The van der Waals surface area contributed by atoms with Crippen LogP contribution in [0.1, 0.15) is 49.2 Å². The van der Waals surface area contributed by atoms with E-state index < -0.39 is 0 Å². The van der Waals surface area contributed by atoms with Crippen molar-refractivity contribution in [3.05, 3.63) is 71.8 Å². The largest absolute Gasteiger partial charge is 0.490 e. The average Bonchev–Trinajstić information content (AvgIpc) is 2.68. The number of benzene rings is 2. The fourth-order valence-corrected chi connectivity index (χ4v) is 2.89. The maximum Gasteiger partial charge on any atom is 0.185 e. The summed E-state index contributed by atoms with van der Waals surface area (Å²) in [7, 11) is 1.85. The van der Waals surface area contributed by atoms with Gasteiger partial charge in [0.25, 0.3) is 0 Å². The highest BCUT2D eigenvalue weighted by atomic mass is 16.5. The highest BCUT2D eigenvalue weighted by molar-refractivity contribution is 6.07. The van der Waals surface area contributed by atoms with Crippen LogP contribution in [0.5, 0.6) is 11.5 Å². The number of ether oxygens (including phenoxy) is 2. The molecular formula is C25H31NO3. The van der Waals surface area contributed by atoms with Crippen LogP contribution in [0.15, 0.2) is 55.1 Å². The van der Waals surface area contributed by atoms with Gasteiger partial charge >= 0.3 is 0 Å². The van der Waals surface area contributed by atoms with Crippen LogP contribution in [-0.2, 0) is 6.42 Å². The molecule has 2 rings (SSSR count). The minimum absolute atomic E-state index is 0.00379. The fraction of sp³-hybridized carbons (Fsp3) is 0.320. The van der Waals surface area contributed by atoms with E-state index >= 15 is 0 Å². The Morgan fingerprint density at radius 1 is 1.03 bits per heavy atom. The van der Waals surface area contributed by atoms with E-state index in [-0.39, 0.29) is 18.0 Å². The van der Waals surface area contributed by atoms with E-state index in [0.717, 1.165) is 22.6 Å². The van der Waals surface area contributed by atoms with Gasteiger partial charge in [0, 0.05) is 18.3 Å². The maximum atomic E-state index is 12.7. The van der Waals surface area contributed by atoms with Gasteiger partial charge in [0.2, 0.25) is 0 Å². The molecular weight excluding hydrogens is 362 g/mol. The number of ketones is 1. The SMILES string of the molecule is C=CCc1ccc(OC(C)C)c(/C=C/C(=O)c2ccc(NC)cc2)c1OC(C)C. The van der Waals surface area contributed by atoms with Crippen LogP contribution in [0.25, 0.3) is 6.08 Å². The van der Waals surface area contributed by atoms with Crippen molar-refractivity contribution in [1.82, 2.24) is 0 Å². The third kappa shape index (κ3) is 6.24. The molecule has 154 valence electrons. The van der Waals surface area contributed by atoms with Crippen LogP contribution in [0.4, 0.5) is 5.69 Å². The zero-order chi connectivity index (χ0) is 21.4. The predicted molar refractivity (Wildman–Crippen MR) is 121 cm³/mol. The Labute approximate surface area is 174 Å². The second-order valence-electron chi connectivity index (χ2n) is 7.32. The molecule has 1 N–H and O–H groups in total. The Balaban J connectivity index is 2.47. The molecule has 4 nitrogen and oxygen atoms in total. The lowest BCUT2D eigenvalue weighted by molar-refractivity contribution is 0.104. The van der Waals surface area contributed by atoms with Gasteiger partial charge in [-0.05, 0) is 82.2 Å². The number of nitrogens with one attached hydrogen (secondary N) is 1. The Bertz CT molecular complexity index is 864. The number of carbonyl (C=O) groups excluding carboxylic acids is 1. The summed E-state index contributed by atoms with van der Waals surface area (Å²) in [4.78, 5) is 12.7. The van der Waals surface area contributed by atoms with Crippen LogP contribution in [0, 0.1) is 0 Å². The molecule has 0 bridgehead atoms. The van der Waals surface area contributed by atoms with Crippen molar-refractivity contribution in [3.8, 4) is 11.5 Å². The van der Waals surface area contributed by atoms with Crippen molar-refractivity contribution in [2.45, 2.75) is 46.3 Å². The normalized spacial score (nSPS) is 11.1. The van der Waals surface area contributed by atoms with Crippen molar-refractivity contribution < 1.29 is 14.3 Å². The number of hydrogen-bond acceptors (Lipinski definition) is 4. The van der Waals surface area contributed by atoms with E-state index in [9.17, 15) is 4.79 Å². The second kappa shape index (κ2) is 10.5. The second-order valence-corrected chi connectivity index (χ2v) is 7.32. The fourth-order valence-electron chi connectivity index (χ4n) is 2.89. The van der Waals surface area contributed by atoms with Crippen LogP contribution in [0.2, 0.25) is 0 Å². The minimum atomic E-state index is -0.0761. The smallest absolute Gasteiger partial charge is 0.185 e. The van der Waals surface area contributed by atoms with Gasteiger partial charge in [-0.1, -0.05) is 12.1 Å². The van der Waals surface area contributed by atoms with Crippen LogP contribution in [0.3, 0.4) is 0 Å². The third-order valence-corrected chi connectivity index (χ3v) is 4.18. The number of carbonyl (C=O) groups is 1. The summed E-state index contributed by atoms with van der Waals surface area (Å²) < 4.78 is 12.1. The van der Waals surface area contributed by atoms with Crippen LogP contribution < -0.4 is 14.8 Å². The van der Waals surface area contributed by atoms with Gasteiger partial charge in [-0.25, -0.2) is 0 Å². The molecule has 0 fully saturated rings. The van der Waals surface area contributed by atoms with Crippen LogP contribution >= 0.6 is 0 Å². The van der Waals surface area contributed by atoms with Crippen molar-refractivity contribution >= 4 is 17.5 Å². The standard InChI is InChI=1S/C25H31NO3/c1-7-8-20-11-16-24(28-17(2)3)22(25(20)29-18(4)5)14-15-23(27)19-9-12-21(26-6)13-10-19/h7,9-18,26H,1,8H2,2-6H3/b15-14+. The molecule has 0 heterocycles. The van der Waals surface area contributed by atoms with Gasteiger partial charge in [-0.15, -0.1) is 6.58 Å². The van der Waals surface area contributed by atoms with E-state index in [1.165, 1.54) is 0 Å². The summed E-state index contributed by atoms with van der Waals surface area (Å²) >= 11 is 0. The summed E-state index contributed by atoms with van der Waals surface area (Å²) in [6.07, 6.45) is 5.87. The van der Waals surface area contributed by atoms with E-state index in [4.69, 9.17) is 9.47 Å². The molecule has 2 aromatic carbocycles. The molecule has 0 atom stereocenters. The van der Waals surface area contributed by atoms with E-state index in [0.29, 0.717) is 17.7 Å². The molecule has 0 aliphatic rings. The van der Waals surface area contributed by atoms with Crippen molar-refractivity contribution in [2.75, 3.05) is 12.4 Å². The molecule has 0 saturated carbocycles. The Morgan fingerprint density at radius 2 is 1.69 bits per heavy atom. The summed E-state index contributed by atoms with van der Waals surface area (Å²) in [6, 6.07) is 11.3. The minimum Gasteiger partial charge on any atom is -0.490 e. The lowest BCUT2D eigenvalue weighted by Gasteiger charge is -2.20. The van der Waals surface area contributed by atoms with Gasteiger partial charge in [0.05, 0.1) is 17.8 Å². The summed E-state index contributed by atoms with van der Waals surface area (Å²) in [5, 5.41) is 3.05. The topological polar surface area (TPSA) is 47.6 Å². The first kappa shape index (κ1) is 22.3. The molecule has 0 unspecified atom stereocenters. The summed E-state index contributed by atoms with van der Waals surface area (Å²) in [5.41, 5.74) is 3.37. The lowest BCUT2D eigenvalue weighted by Crippen LogP contribution is -2.12. The van der Waals surface area contributed by atoms with E-state index in [1.807, 2.05) is 77.2 Å². The van der Waals surface area contributed by atoms with Crippen molar-refractivity contribution in [2.24, 2.45) is 0 Å². The molecule has 2 aromatic rings. The lowest BCUT2D eigenvalue weighted by atomic mass is 10.0. The van der Waals surface area contributed by atoms with Crippen molar-refractivity contribution in [1.29, 1.82) is 0 Å². The predicted octanol–water partition coefficient (Wildman–Crippen LogP) is 5.93. The first-order valence-corrected chi connectivity index (χ1v) is 9.96. The Morgan fingerprint density at radius 3 is 2.24 bits per heavy atom. The quantitative estimate of drug-likeness (QED) is 0.309. The molecule has 0 saturated heterocycles. The number of allylic oxidation sites excluding steroid dienone is 2. The monoisotopic (exact) mass is 393 g/mol. The molecule has 0 aromatic heterocycles. The Kier molecular flexibility index (Phi) is 8.08. The van der Waals surface area contributed by atoms with Gasteiger partial charge in [-0.2, -0.15) is 0 Å². The number of hydrogen-bond donors (Lipinski definition) is 1. The Hall–Kier alpha value is -3.01. The number of rotatable bonds is 10. The van der Waals surface area contributed by atoms with Gasteiger partial charge in [-0.3, -0.25) is 4.79 Å². The first-order chi connectivity index (χ1) is 13.8. The van der Waals surface area contributed by atoms with Gasteiger partial charge < -0.3 is 14.8 Å². The molecule has 0 radical (unpaired) electrons. The van der Waals surface area contributed by atoms with E-state index in [2.05, 4.69) is 11.9 Å². The average molecular weight is 394 g/mol. The summed E-state index contributed by atoms with van der Waals surface area (Å²) in [6.45, 7) is 11.8. The first-order valence-electron chi connectivity index (χ1n) is 9.96. The zero-order valence-electron chi connectivity index (χ0n) is 18.0. The van der Waals surface area contributed by atoms with Gasteiger partial charge in [0.1, 0.15) is 11.5 Å². The molecule has 0 aliphatic carbocycles. The molecule has 0 amide bonds. The maximum absolute atomic E-state index is 12.7. The molecule has 29 heavy (non-hydrogen) atoms.